The zero-order valence-corrected chi connectivity index (χ0v) is 17.7. The Morgan fingerprint density at radius 3 is 2.36 bits per heavy atom. The Labute approximate surface area is 171 Å². The molecular weight excluding hydrogens is 396 g/mol. The van der Waals surface area contributed by atoms with E-state index in [9.17, 15) is 13.2 Å². The molecule has 0 atom stereocenters. The van der Waals surface area contributed by atoms with Crippen LogP contribution < -0.4 is 4.72 Å². The lowest BCUT2D eigenvalue weighted by atomic mass is 10.1. The highest BCUT2D eigenvalue weighted by atomic mass is 35.5. The highest BCUT2D eigenvalue weighted by molar-refractivity contribution is 7.92. The number of anilines is 1. The summed E-state index contributed by atoms with van der Waals surface area (Å²) in [5.41, 5.74) is 2.59. The molecule has 1 amide bonds. The third-order valence-corrected chi connectivity index (χ3v) is 6.85. The van der Waals surface area contributed by atoms with Crippen molar-refractivity contribution in [1.82, 2.24) is 4.90 Å². The number of hydrogen-bond donors (Lipinski definition) is 1. The van der Waals surface area contributed by atoms with Crippen molar-refractivity contribution in [2.24, 2.45) is 0 Å². The molecule has 1 fully saturated rings. The Morgan fingerprint density at radius 2 is 1.68 bits per heavy atom. The maximum atomic E-state index is 13.0. The van der Waals surface area contributed by atoms with Crippen LogP contribution >= 0.6 is 11.6 Å². The van der Waals surface area contributed by atoms with Crippen LogP contribution in [0.4, 0.5) is 5.69 Å². The van der Waals surface area contributed by atoms with Crippen LogP contribution in [0.25, 0.3) is 0 Å². The van der Waals surface area contributed by atoms with Crippen molar-refractivity contribution >= 4 is 33.2 Å². The van der Waals surface area contributed by atoms with E-state index >= 15 is 0 Å². The molecule has 1 aliphatic heterocycles. The van der Waals surface area contributed by atoms with Crippen LogP contribution in [-0.4, -0.2) is 32.3 Å². The summed E-state index contributed by atoms with van der Waals surface area (Å²) in [6.07, 6.45) is 4.17. The average Bonchev–Trinajstić information content (AvgIpc) is 2.93. The quantitative estimate of drug-likeness (QED) is 0.774. The van der Waals surface area contributed by atoms with Crippen LogP contribution in [0.1, 0.15) is 47.2 Å². The topological polar surface area (TPSA) is 66.5 Å². The van der Waals surface area contributed by atoms with Gasteiger partial charge >= 0.3 is 0 Å². The van der Waals surface area contributed by atoms with E-state index in [0.29, 0.717) is 24.3 Å². The number of nitrogens with zero attached hydrogens (tertiary/aromatic N) is 1. The molecule has 0 radical (unpaired) electrons. The third-order valence-electron chi connectivity index (χ3n) is 5.00. The van der Waals surface area contributed by atoms with Gasteiger partial charge in [-0.05, 0) is 62.1 Å². The molecule has 3 rings (SSSR count). The molecule has 150 valence electrons. The number of likely N-dealkylation sites (tertiary alicyclic amines) is 1. The van der Waals surface area contributed by atoms with Gasteiger partial charge < -0.3 is 4.90 Å². The van der Waals surface area contributed by atoms with Gasteiger partial charge in [0.2, 0.25) is 0 Å². The second kappa shape index (κ2) is 8.53. The van der Waals surface area contributed by atoms with Crippen LogP contribution in [-0.2, 0) is 10.0 Å². The highest BCUT2D eigenvalue weighted by Gasteiger charge is 2.23. The van der Waals surface area contributed by atoms with E-state index in [-0.39, 0.29) is 15.8 Å². The minimum atomic E-state index is -3.93. The molecule has 0 saturated carbocycles. The van der Waals surface area contributed by atoms with Crippen molar-refractivity contribution in [2.75, 3.05) is 17.8 Å². The lowest BCUT2D eigenvalue weighted by Crippen LogP contribution is -2.32. The summed E-state index contributed by atoms with van der Waals surface area (Å²) in [6, 6.07) is 9.99. The summed E-state index contributed by atoms with van der Waals surface area (Å²) < 4.78 is 28.5. The summed E-state index contributed by atoms with van der Waals surface area (Å²) in [5, 5.41) is 0.0882. The van der Waals surface area contributed by atoms with E-state index in [1.165, 1.54) is 12.1 Å². The molecule has 0 unspecified atom stereocenters. The van der Waals surface area contributed by atoms with Crippen molar-refractivity contribution in [3.8, 4) is 0 Å². The van der Waals surface area contributed by atoms with Crippen molar-refractivity contribution in [3.05, 3.63) is 58.1 Å². The second-order valence-electron chi connectivity index (χ2n) is 7.28. The third kappa shape index (κ3) is 4.67. The fourth-order valence-corrected chi connectivity index (χ4v) is 4.99. The maximum absolute atomic E-state index is 13.0. The standard InChI is InChI=1S/C21H25ClN2O3S/c1-15-7-8-16(2)19(13-15)23-28(26,27)20-14-17(9-10-18(20)22)21(25)24-11-5-3-4-6-12-24/h7-10,13-14,23H,3-6,11-12H2,1-2H3. The predicted octanol–water partition coefficient (Wildman–Crippen LogP) is 4.77. The van der Waals surface area contributed by atoms with Crippen LogP contribution in [0.15, 0.2) is 41.3 Å². The lowest BCUT2D eigenvalue weighted by Gasteiger charge is -2.21. The zero-order valence-electron chi connectivity index (χ0n) is 16.2. The lowest BCUT2D eigenvalue weighted by molar-refractivity contribution is 0.0761. The Balaban J connectivity index is 1.91. The molecule has 28 heavy (non-hydrogen) atoms. The molecule has 0 bridgehead atoms. The number of sulfonamides is 1. The summed E-state index contributed by atoms with van der Waals surface area (Å²) >= 11 is 6.19. The SMILES string of the molecule is Cc1ccc(C)c(NS(=O)(=O)c2cc(C(=O)N3CCCCCC3)ccc2Cl)c1. The Hall–Kier alpha value is -2.05. The first-order valence-electron chi connectivity index (χ1n) is 9.47. The number of carbonyl (C=O) groups is 1. The summed E-state index contributed by atoms with van der Waals surface area (Å²) in [7, 11) is -3.93. The van der Waals surface area contributed by atoms with Gasteiger partial charge in [-0.15, -0.1) is 0 Å². The molecular formula is C21H25ClN2O3S. The van der Waals surface area contributed by atoms with Gasteiger partial charge in [0.15, 0.2) is 0 Å². The minimum Gasteiger partial charge on any atom is -0.339 e. The average molecular weight is 421 g/mol. The van der Waals surface area contributed by atoms with E-state index in [1.54, 1.807) is 17.0 Å². The van der Waals surface area contributed by atoms with Gasteiger partial charge in [0.1, 0.15) is 4.90 Å². The van der Waals surface area contributed by atoms with Gasteiger partial charge in [0, 0.05) is 18.7 Å². The molecule has 5 nitrogen and oxygen atoms in total. The van der Waals surface area contributed by atoms with Gasteiger partial charge in [-0.25, -0.2) is 8.42 Å². The number of hydrogen-bond acceptors (Lipinski definition) is 3. The molecule has 0 aliphatic carbocycles. The monoisotopic (exact) mass is 420 g/mol. The smallest absolute Gasteiger partial charge is 0.263 e. The largest absolute Gasteiger partial charge is 0.339 e. The molecule has 1 saturated heterocycles. The number of amides is 1. The number of aryl methyl sites for hydroxylation is 2. The fraction of sp³-hybridized carbons (Fsp3) is 0.381. The number of benzene rings is 2. The first-order valence-corrected chi connectivity index (χ1v) is 11.3. The van der Waals surface area contributed by atoms with Gasteiger partial charge in [0.05, 0.1) is 10.7 Å². The van der Waals surface area contributed by atoms with E-state index in [4.69, 9.17) is 11.6 Å². The van der Waals surface area contributed by atoms with Gasteiger partial charge in [-0.2, -0.15) is 0 Å². The number of nitrogens with one attached hydrogen (secondary N) is 1. The Bertz CT molecular complexity index is 981. The summed E-state index contributed by atoms with van der Waals surface area (Å²) in [4.78, 5) is 14.6. The Kier molecular flexibility index (Phi) is 6.30. The van der Waals surface area contributed by atoms with Crippen LogP contribution in [0, 0.1) is 13.8 Å². The van der Waals surface area contributed by atoms with Crippen molar-refractivity contribution in [1.29, 1.82) is 0 Å². The number of halogens is 1. The normalized spacial score (nSPS) is 15.2. The zero-order chi connectivity index (χ0) is 20.3. The van der Waals surface area contributed by atoms with Crippen LogP contribution in [0.3, 0.4) is 0 Å². The number of carbonyl (C=O) groups excluding carboxylic acids is 1. The first-order chi connectivity index (χ1) is 13.3. The molecule has 0 aromatic heterocycles. The number of rotatable bonds is 4. The van der Waals surface area contributed by atoms with E-state index < -0.39 is 10.0 Å². The second-order valence-corrected chi connectivity index (χ2v) is 9.33. The Morgan fingerprint density at radius 1 is 1.00 bits per heavy atom. The molecule has 7 heteroatoms. The predicted molar refractivity (Wildman–Crippen MR) is 113 cm³/mol. The van der Waals surface area contributed by atoms with Gasteiger partial charge in [-0.1, -0.05) is 36.6 Å². The molecule has 1 heterocycles. The fourth-order valence-electron chi connectivity index (χ4n) is 3.34. The van der Waals surface area contributed by atoms with E-state index in [2.05, 4.69) is 4.72 Å². The van der Waals surface area contributed by atoms with Crippen molar-refractivity contribution in [2.45, 2.75) is 44.4 Å². The van der Waals surface area contributed by atoms with Crippen molar-refractivity contribution < 1.29 is 13.2 Å². The van der Waals surface area contributed by atoms with Crippen LogP contribution in [0.2, 0.25) is 5.02 Å². The summed E-state index contributed by atoms with van der Waals surface area (Å²) in [5.74, 6) is -0.151. The summed E-state index contributed by atoms with van der Waals surface area (Å²) in [6.45, 7) is 5.12. The first kappa shape index (κ1) is 20.7. The van der Waals surface area contributed by atoms with E-state index in [0.717, 1.165) is 36.8 Å². The molecule has 0 spiro atoms. The maximum Gasteiger partial charge on any atom is 0.263 e. The molecule has 1 aliphatic rings. The van der Waals surface area contributed by atoms with Crippen LogP contribution in [0.5, 0.6) is 0 Å². The molecule has 2 aromatic carbocycles. The van der Waals surface area contributed by atoms with E-state index in [1.807, 2.05) is 26.0 Å². The highest BCUT2D eigenvalue weighted by Crippen LogP contribution is 2.27. The van der Waals surface area contributed by atoms with Gasteiger partial charge in [-0.3, -0.25) is 9.52 Å². The van der Waals surface area contributed by atoms with Crippen molar-refractivity contribution in [3.63, 3.8) is 0 Å². The van der Waals surface area contributed by atoms with Gasteiger partial charge in [0.25, 0.3) is 15.9 Å². The minimum absolute atomic E-state index is 0.0873. The molecule has 2 aromatic rings. The molecule has 1 N–H and O–H groups in total.